The van der Waals surface area contributed by atoms with Gasteiger partial charge in [0.25, 0.3) is 5.56 Å². The first kappa shape index (κ1) is 12.7. The van der Waals surface area contributed by atoms with Gasteiger partial charge in [-0.3, -0.25) is 4.79 Å². The predicted octanol–water partition coefficient (Wildman–Crippen LogP) is 1.52. The zero-order chi connectivity index (χ0) is 13.4. The van der Waals surface area contributed by atoms with Gasteiger partial charge in [-0.05, 0) is 12.8 Å². The van der Waals surface area contributed by atoms with Crippen molar-refractivity contribution in [1.29, 1.82) is 0 Å². The van der Waals surface area contributed by atoms with E-state index in [1.165, 1.54) is 4.68 Å². The molecule has 0 unspecified atom stereocenters. The molecular formula is C11H13N3O3S. The van der Waals surface area contributed by atoms with Crippen molar-refractivity contribution in [1.82, 2.24) is 15.0 Å². The molecule has 0 radical (unpaired) electrons. The van der Waals surface area contributed by atoms with Gasteiger partial charge in [-0.1, -0.05) is 19.1 Å². The molecule has 2 aromatic rings. The third kappa shape index (κ3) is 2.01. The molecule has 2 aromatic heterocycles. The van der Waals surface area contributed by atoms with E-state index in [-0.39, 0.29) is 22.6 Å². The van der Waals surface area contributed by atoms with Crippen molar-refractivity contribution < 1.29 is 9.90 Å². The molecule has 0 bridgehead atoms. The van der Waals surface area contributed by atoms with Crippen LogP contribution < -0.4 is 5.56 Å². The quantitative estimate of drug-likeness (QED) is 0.911. The highest BCUT2D eigenvalue weighted by atomic mass is 32.1. The van der Waals surface area contributed by atoms with E-state index in [2.05, 4.69) is 10.3 Å². The number of hydrogen-bond donors (Lipinski definition) is 1. The number of rotatable bonds is 3. The highest BCUT2D eigenvalue weighted by Crippen LogP contribution is 2.26. The maximum absolute atomic E-state index is 12.1. The highest BCUT2D eigenvalue weighted by Gasteiger charge is 2.20. The van der Waals surface area contributed by atoms with E-state index in [0.717, 1.165) is 11.3 Å². The number of aryl methyl sites for hydroxylation is 1. The number of nitrogens with zero attached hydrogens (tertiary/aromatic N) is 3. The smallest absolute Gasteiger partial charge is 0.339 e. The molecule has 0 atom stereocenters. The average Bonchev–Trinajstić information content (AvgIpc) is 2.59. The van der Waals surface area contributed by atoms with Gasteiger partial charge >= 0.3 is 5.97 Å². The fourth-order valence-corrected chi connectivity index (χ4v) is 2.77. The average molecular weight is 267 g/mol. The van der Waals surface area contributed by atoms with E-state index in [1.54, 1.807) is 6.92 Å². The Kier molecular flexibility index (Phi) is 3.16. The van der Waals surface area contributed by atoms with E-state index < -0.39 is 5.97 Å². The van der Waals surface area contributed by atoms with E-state index in [0.29, 0.717) is 16.1 Å². The first-order valence-corrected chi connectivity index (χ1v) is 6.33. The van der Waals surface area contributed by atoms with Crippen LogP contribution in [0, 0.1) is 12.8 Å². The summed E-state index contributed by atoms with van der Waals surface area (Å²) in [7, 11) is 0. The van der Waals surface area contributed by atoms with Gasteiger partial charge in [0.2, 0.25) is 0 Å². The van der Waals surface area contributed by atoms with Crippen LogP contribution in [0.4, 0.5) is 0 Å². The number of carbonyl (C=O) groups is 1. The standard InChI is InChI=1S/C11H13N3O3S/c1-5(2)4-14-10(15)9-8(12-13-14)7(11(16)17)6(3)18-9/h5H,4H2,1-3H3,(H,16,17). The van der Waals surface area contributed by atoms with Crippen molar-refractivity contribution in [2.45, 2.75) is 27.3 Å². The molecule has 96 valence electrons. The summed E-state index contributed by atoms with van der Waals surface area (Å²) in [6, 6.07) is 0. The van der Waals surface area contributed by atoms with Crippen molar-refractivity contribution in [3.63, 3.8) is 0 Å². The molecule has 18 heavy (non-hydrogen) atoms. The van der Waals surface area contributed by atoms with Crippen molar-refractivity contribution in [2.75, 3.05) is 0 Å². The second-order valence-corrected chi connectivity index (χ2v) is 5.71. The van der Waals surface area contributed by atoms with Gasteiger partial charge < -0.3 is 5.11 Å². The molecule has 0 aliphatic rings. The van der Waals surface area contributed by atoms with Gasteiger partial charge in [-0.2, -0.15) is 0 Å². The molecular weight excluding hydrogens is 254 g/mol. The molecule has 0 spiro atoms. The second kappa shape index (κ2) is 4.49. The topological polar surface area (TPSA) is 85.1 Å². The van der Waals surface area contributed by atoms with Crippen LogP contribution in [-0.4, -0.2) is 26.1 Å². The van der Waals surface area contributed by atoms with Crippen LogP contribution in [0.1, 0.15) is 29.1 Å². The number of thiophene rings is 1. The summed E-state index contributed by atoms with van der Waals surface area (Å²) in [6.45, 7) is 6.09. The van der Waals surface area contributed by atoms with Crippen molar-refractivity contribution >= 4 is 27.5 Å². The normalized spacial score (nSPS) is 11.3. The SMILES string of the molecule is Cc1sc2c(=O)n(CC(C)C)nnc2c1C(=O)O. The van der Waals surface area contributed by atoms with Crippen molar-refractivity contribution in [3.05, 3.63) is 20.8 Å². The molecule has 1 N–H and O–H groups in total. The summed E-state index contributed by atoms with van der Waals surface area (Å²) in [5.41, 5.74) is 0.000558. The number of carboxylic acid groups (broad SMARTS) is 1. The first-order chi connectivity index (χ1) is 8.41. The van der Waals surface area contributed by atoms with Gasteiger partial charge in [0.05, 0.1) is 0 Å². The molecule has 6 nitrogen and oxygen atoms in total. The van der Waals surface area contributed by atoms with Crippen molar-refractivity contribution in [3.8, 4) is 0 Å². The summed E-state index contributed by atoms with van der Waals surface area (Å²) in [5, 5.41) is 16.8. The van der Waals surface area contributed by atoms with Crippen LogP contribution in [-0.2, 0) is 6.54 Å². The third-order valence-corrected chi connectivity index (χ3v) is 3.57. The van der Waals surface area contributed by atoms with Gasteiger partial charge in [0.15, 0.2) is 0 Å². The number of fused-ring (bicyclic) bond motifs is 1. The Morgan fingerprint density at radius 1 is 1.50 bits per heavy atom. The zero-order valence-electron chi connectivity index (χ0n) is 10.3. The molecule has 0 aromatic carbocycles. The summed E-state index contributed by atoms with van der Waals surface area (Å²) < 4.78 is 1.65. The molecule has 2 rings (SSSR count). The Hall–Kier alpha value is -1.76. The van der Waals surface area contributed by atoms with Crippen molar-refractivity contribution in [2.24, 2.45) is 5.92 Å². The van der Waals surface area contributed by atoms with Crippen LogP contribution in [0.15, 0.2) is 4.79 Å². The molecule has 0 saturated carbocycles. The van der Waals surface area contributed by atoms with Gasteiger partial charge in [0.1, 0.15) is 15.8 Å². The third-order valence-electron chi connectivity index (χ3n) is 2.49. The number of aromatic carboxylic acids is 1. The van der Waals surface area contributed by atoms with E-state index in [1.807, 2.05) is 13.8 Å². The minimum atomic E-state index is -1.07. The lowest BCUT2D eigenvalue weighted by molar-refractivity contribution is 0.0698. The molecule has 0 amide bonds. The van der Waals surface area contributed by atoms with Crippen LogP contribution in [0.25, 0.3) is 10.2 Å². The van der Waals surface area contributed by atoms with E-state index >= 15 is 0 Å². The molecule has 7 heteroatoms. The Bertz CT molecular complexity index is 672. The predicted molar refractivity (Wildman–Crippen MR) is 68.2 cm³/mol. The summed E-state index contributed by atoms with van der Waals surface area (Å²) in [5.74, 6) is -0.802. The lowest BCUT2D eigenvalue weighted by atomic mass is 10.2. The Labute approximate surface area is 107 Å². The van der Waals surface area contributed by atoms with Crippen LogP contribution in [0.2, 0.25) is 0 Å². The van der Waals surface area contributed by atoms with Crippen LogP contribution in [0.3, 0.4) is 0 Å². The lowest BCUT2D eigenvalue weighted by Gasteiger charge is -2.05. The monoisotopic (exact) mass is 267 g/mol. The summed E-state index contributed by atoms with van der Waals surface area (Å²) >= 11 is 1.16. The fraction of sp³-hybridized carbons (Fsp3) is 0.455. The minimum absolute atomic E-state index is 0.0799. The molecule has 2 heterocycles. The van der Waals surface area contributed by atoms with Gasteiger partial charge in [-0.25, -0.2) is 9.48 Å². The van der Waals surface area contributed by atoms with E-state index in [9.17, 15) is 9.59 Å². The molecule has 0 saturated heterocycles. The lowest BCUT2D eigenvalue weighted by Crippen LogP contribution is -2.25. The Balaban J connectivity index is 2.70. The summed E-state index contributed by atoms with van der Waals surface area (Å²) in [6.07, 6.45) is 0. The molecule has 0 fully saturated rings. The molecule has 0 aliphatic heterocycles. The minimum Gasteiger partial charge on any atom is -0.478 e. The Morgan fingerprint density at radius 2 is 2.17 bits per heavy atom. The van der Waals surface area contributed by atoms with E-state index in [4.69, 9.17) is 5.11 Å². The zero-order valence-corrected chi connectivity index (χ0v) is 11.1. The first-order valence-electron chi connectivity index (χ1n) is 5.52. The van der Waals surface area contributed by atoms with Crippen LogP contribution >= 0.6 is 11.3 Å². The number of hydrogen-bond acceptors (Lipinski definition) is 5. The van der Waals surface area contributed by atoms with Gasteiger partial charge in [-0.15, -0.1) is 16.4 Å². The number of carboxylic acids is 1. The summed E-state index contributed by atoms with van der Waals surface area (Å²) in [4.78, 5) is 23.8. The van der Waals surface area contributed by atoms with Crippen LogP contribution in [0.5, 0.6) is 0 Å². The second-order valence-electron chi connectivity index (χ2n) is 4.49. The Morgan fingerprint density at radius 3 is 2.72 bits per heavy atom. The van der Waals surface area contributed by atoms with Gasteiger partial charge in [0, 0.05) is 11.4 Å². The maximum atomic E-state index is 12.1. The largest absolute Gasteiger partial charge is 0.478 e. The number of aromatic nitrogens is 3. The highest BCUT2D eigenvalue weighted by molar-refractivity contribution is 7.19. The maximum Gasteiger partial charge on any atom is 0.339 e. The molecule has 0 aliphatic carbocycles. The fourth-order valence-electron chi connectivity index (χ4n) is 1.75.